The monoisotopic (exact) mass is 296 g/mol. The molecule has 0 fully saturated rings. The van der Waals surface area contributed by atoms with Gasteiger partial charge in [-0.2, -0.15) is 0 Å². The summed E-state index contributed by atoms with van der Waals surface area (Å²) in [5.41, 5.74) is 1.69. The second-order valence-electron chi connectivity index (χ2n) is 4.27. The largest absolute Gasteiger partial charge is 0.489 e. The van der Waals surface area contributed by atoms with E-state index in [1.54, 1.807) is 25.1 Å². The average Bonchev–Trinajstić information content (AvgIpc) is 2.39. The molecule has 19 heavy (non-hydrogen) atoms. The second-order valence-corrected chi connectivity index (χ2v) is 5.15. The molecule has 4 heteroatoms. The van der Waals surface area contributed by atoms with Crippen LogP contribution in [0, 0.1) is 0 Å². The minimum absolute atomic E-state index is 0.415. The van der Waals surface area contributed by atoms with E-state index < -0.39 is 6.10 Å². The van der Waals surface area contributed by atoms with Crippen LogP contribution in [-0.2, 0) is 6.61 Å². The lowest BCUT2D eigenvalue weighted by Gasteiger charge is -2.14. The zero-order valence-corrected chi connectivity index (χ0v) is 11.9. The molecule has 2 nitrogen and oxygen atoms in total. The van der Waals surface area contributed by atoms with E-state index >= 15 is 0 Å². The van der Waals surface area contributed by atoms with Crippen molar-refractivity contribution >= 4 is 23.2 Å². The smallest absolute Gasteiger partial charge is 0.125 e. The van der Waals surface area contributed by atoms with Crippen molar-refractivity contribution in [3.63, 3.8) is 0 Å². The second kappa shape index (κ2) is 6.29. The number of rotatable bonds is 4. The zero-order valence-electron chi connectivity index (χ0n) is 10.4. The molecule has 0 aliphatic heterocycles. The number of ether oxygens (including phenoxy) is 1. The van der Waals surface area contributed by atoms with Crippen molar-refractivity contribution in [1.82, 2.24) is 0 Å². The van der Waals surface area contributed by atoms with Crippen molar-refractivity contribution in [1.29, 1.82) is 0 Å². The molecular weight excluding hydrogens is 283 g/mol. The molecule has 2 aromatic carbocycles. The Bertz CT molecular complexity index is 551. The van der Waals surface area contributed by atoms with Crippen LogP contribution in [0.25, 0.3) is 0 Å². The van der Waals surface area contributed by atoms with Gasteiger partial charge in [0.15, 0.2) is 0 Å². The Kier molecular flexibility index (Phi) is 4.70. The molecule has 0 amide bonds. The predicted molar refractivity (Wildman–Crippen MR) is 77.9 cm³/mol. The van der Waals surface area contributed by atoms with Gasteiger partial charge in [-0.05, 0) is 42.8 Å². The standard InChI is InChI=1S/C15H14Cl2O2/c1-10(18)14-8-13(17)6-7-15(14)19-9-11-2-4-12(16)5-3-11/h2-8,10,18H,9H2,1H3. The van der Waals surface area contributed by atoms with Crippen LogP contribution < -0.4 is 4.74 Å². The van der Waals surface area contributed by atoms with Crippen LogP contribution >= 0.6 is 23.2 Å². The van der Waals surface area contributed by atoms with Crippen LogP contribution in [0.1, 0.15) is 24.2 Å². The molecule has 0 saturated carbocycles. The van der Waals surface area contributed by atoms with Gasteiger partial charge in [0.25, 0.3) is 0 Å². The van der Waals surface area contributed by atoms with Gasteiger partial charge >= 0.3 is 0 Å². The van der Waals surface area contributed by atoms with E-state index in [1.165, 1.54) is 0 Å². The van der Waals surface area contributed by atoms with Gasteiger partial charge in [0, 0.05) is 15.6 Å². The van der Waals surface area contributed by atoms with Crippen molar-refractivity contribution in [3.05, 3.63) is 63.6 Å². The molecule has 1 atom stereocenters. The third-order valence-corrected chi connectivity index (χ3v) is 3.22. The topological polar surface area (TPSA) is 29.5 Å². The summed E-state index contributed by atoms with van der Waals surface area (Å²) in [6.45, 7) is 2.10. The highest BCUT2D eigenvalue weighted by Crippen LogP contribution is 2.29. The molecule has 0 heterocycles. The first-order valence-corrected chi connectivity index (χ1v) is 6.66. The van der Waals surface area contributed by atoms with Crippen LogP contribution in [0.2, 0.25) is 10.0 Å². The van der Waals surface area contributed by atoms with Gasteiger partial charge in [-0.25, -0.2) is 0 Å². The lowest BCUT2D eigenvalue weighted by Crippen LogP contribution is -2.01. The van der Waals surface area contributed by atoms with Crippen molar-refractivity contribution in [3.8, 4) is 5.75 Å². The normalized spacial score (nSPS) is 12.2. The van der Waals surface area contributed by atoms with Crippen LogP contribution in [-0.4, -0.2) is 5.11 Å². The van der Waals surface area contributed by atoms with Gasteiger partial charge in [0.1, 0.15) is 12.4 Å². The van der Waals surface area contributed by atoms with Crippen LogP contribution in [0.4, 0.5) is 0 Å². The SMILES string of the molecule is CC(O)c1cc(Cl)ccc1OCc1ccc(Cl)cc1. The fourth-order valence-electron chi connectivity index (χ4n) is 1.72. The number of benzene rings is 2. The van der Waals surface area contributed by atoms with E-state index in [2.05, 4.69) is 0 Å². The first kappa shape index (κ1) is 14.2. The Morgan fingerprint density at radius 3 is 2.32 bits per heavy atom. The summed E-state index contributed by atoms with van der Waals surface area (Å²) < 4.78 is 5.72. The Morgan fingerprint density at radius 1 is 1.05 bits per heavy atom. The highest BCUT2D eigenvalue weighted by atomic mass is 35.5. The summed E-state index contributed by atoms with van der Waals surface area (Å²) in [4.78, 5) is 0. The lowest BCUT2D eigenvalue weighted by atomic mass is 10.1. The summed E-state index contributed by atoms with van der Waals surface area (Å²) in [6, 6.07) is 12.7. The highest BCUT2D eigenvalue weighted by Gasteiger charge is 2.10. The predicted octanol–water partition coefficient (Wildman–Crippen LogP) is 4.63. The minimum Gasteiger partial charge on any atom is -0.489 e. The number of aliphatic hydroxyl groups is 1. The van der Waals surface area contributed by atoms with Gasteiger partial charge in [0.05, 0.1) is 6.10 Å². The van der Waals surface area contributed by atoms with E-state index in [0.717, 1.165) is 5.56 Å². The molecule has 1 N–H and O–H groups in total. The first-order valence-electron chi connectivity index (χ1n) is 5.91. The maximum atomic E-state index is 9.71. The maximum absolute atomic E-state index is 9.71. The van der Waals surface area contributed by atoms with E-state index in [-0.39, 0.29) is 0 Å². The first-order chi connectivity index (χ1) is 9.06. The van der Waals surface area contributed by atoms with Crippen LogP contribution in [0.5, 0.6) is 5.75 Å². The van der Waals surface area contributed by atoms with Gasteiger partial charge in [0.2, 0.25) is 0 Å². The molecule has 0 radical (unpaired) electrons. The third-order valence-electron chi connectivity index (χ3n) is 2.73. The fourth-order valence-corrected chi connectivity index (χ4v) is 2.03. The highest BCUT2D eigenvalue weighted by molar-refractivity contribution is 6.30. The summed E-state index contributed by atoms with van der Waals surface area (Å²) in [7, 11) is 0. The molecule has 100 valence electrons. The quantitative estimate of drug-likeness (QED) is 0.891. The molecule has 2 aromatic rings. The summed E-state index contributed by atoms with van der Waals surface area (Å²) >= 11 is 11.7. The molecule has 2 rings (SSSR count). The van der Waals surface area contributed by atoms with Crippen LogP contribution in [0.15, 0.2) is 42.5 Å². The third kappa shape index (κ3) is 3.87. The molecule has 0 saturated heterocycles. The van der Waals surface area contributed by atoms with E-state index in [9.17, 15) is 5.11 Å². The number of hydrogen-bond acceptors (Lipinski definition) is 2. The Hall–Kier alpha value is -1.22. The molecule has 0 spiro atoms. The number of aliphatic hydroxyl groups excluding tert-OH is 1. The number of hydrogen-bond donors (Lipinski definition) is 1. The summed E-state index contributed by atoms with van der Waals surface area (Å²) in [5, 5.41) is 11.0. The van der Waals surface area contributed by atoms with Crippen molar-refractivity contribution < 1.29 is 9.84 Å². The van der Waals surface area contributed by atoms with E-state index in [0.29, 0.717) is 28.0 Å². The number of halogens is 2. The average molecular weight is 297 g/mol. The minimum atomic E-state index is -0.626. The van der Waals surface area contributed by atoms with E-state index in [1.807, 2.05) is 24.3 Å². The Morgan fingerprint density at radius 2 is 1.68 bits per heavy atom. The van der Waals surface area contributed by atoms with Crippen molar-refractivity contribution in [2.45, 2.75) is 19.6 Å². The van der Waals surface area contributed by atoms with Gasteiger partial charge < -0.3 is 9.84 Å². The van der Waals surface area contributed by atoms with Gasteiger partial charge in [-0.15, -0.1) is 0 Å². The lowest BCUT2D eigenvalue weighted by molar-refractivity contribution is 0.190. The van der Waals surface area contributed by atoms with Gasteiger partial charge in [-0.1, -0.05) is 35.3 Å². The molecule has 0 bridgehead atoms. The molecule has 0 aromatic heterocycles. The summed E-state index contributed by atoms with van der Waals surface area (Å²) in [5.74, 6) is 0.634. The van der Waals surface area contributed by atoms with Crippen molar-refractivity contribution in [2.24, 2.45) is 0 Å². The van der Waals surface area contributed by atoms with Crippen LogP contribution in [0.3, 0.4) is 0 Å². The maximum Gasteiger partial charge on any atom is 0.125 e. The molecule has 0 aliphatic carbocycles. The Labute approximate surface area is 122 Å². The summed E-state index contributed by atoms with van der Waals surface area (Å²) in [6.07, 6.45) is -0.626. The molecular formula is C15H14Cl2O2. The van der Waals surface area contributed by atoms with Crippen molar-refractivity contribution in [2.75, 3.05) is 0 Å². The molecule has 0 aliphatic rings. The fraction of sp³-hybridized carbons (Fsp3) is 0.200. The van der Waals surface area contributed by atoms with E-state index in [4.69, 9.17) is 27.9 Å². The van der Waals surface area contributed by atoms with Gasteiger partial charge in [-0.3, -0.25) is 0 Å². The molecule has 1 unspecified atom stereocenters. The zero-order chi connectivity index (χ0) is 13.8. The Balaban J connectivity index is 2.13.